The second-order valence-corrected chi connectivity index (χ2v) is 3.13. The molecule has 0 spiro atoms. The van der Waals surface area contributed by atoms with Crippen LogP contribution in [0.15, 0.2) is 0 Å². The summed E-state index contributed by atoms with van der Waals surface area (Å²) in [7, 11) is 0. The van der Waals surface area contributed by atoms with Crippen LogP contribution in [-0.4, -0.2) is 29.1 Å². The molecule has 0 heterocycles. The van der Waals surface area contributed by atoms with Crippen LogP contribution in [0, 0.1) is 0 Å². The molecule has 0 saturated heterocycles. The zero-order valence-electron chi connectivity index (χ0n) is 6.04. The van der Waals surface area contributed by atoms with Crippen molar-refractivity contribution in [1.29, 1.82) is 0 Å². The van der Waals surface area contributed by atoms with Crippen molar-refractivity contribution in [2.75, 3.05) is 12.0 Å². The van der Waals surface area contributed by atoms with Gasteiger partial charge in [0.1, 0.15) is 0 Å². The maximum Gasteiger partial charge on any atom is 0.304 e. The fourth-order valence-corrected chi connectivity index (χ4v) is 1.13. The van der Waals surface area contributed by atoms with Crippen LogP contribution in [0.1, 0.15) is 12.8 Å². The Kier molecular flexibility index (Phi) is 5.43. The van der Waals surface area contributed by atoms with E-state index in [2.05, 4.69) is 0 Å². The zero-order valence-corrected chi connectivity index (χ0v) is 6.86. The fraction of sp³-hybridized carbons (Fsp3) is 0.833. The number of hydrogen-bond acceptors (Lipinski definition) is 3. The molecule has 10 heavy (non-hydrogen) atoms. The molecule has 60 valence electrons. The standard InChI is InChI=1S/C6H13NO2S/c1-10-3-2-5(7)4-6(8)9/h5H,2-4,7H2,1H3,(H,8,9)/t5-/m0/s1. The minimum Gasteiger partial charge on any atom is -0.481 e. The molecule has 4 heteroatoms. The van der Waals surface area contributed by atoms with E-state index in [1.165, 1.54) is 0 Å². The largest absolute Gasteiger partial charge is 0.481 e. The molecule has 3 N–H and O–H groups in total. The molecule has 3 nitrogen and oxygen atoms in total. The first-order valence-electron chi connectivity index (χ1n) is 3.13. The highest BCUT2D eigenvalue weighted by molar-refractivity contribution is 7.98. The maximum atomic E-state index is 10.1. The summed E-state index contributed by atoms with van der Waals surface area (Å²) in [5, 5.41) is 8.30. The van der Waals surface area contributed by atoms with Crippen LogP contribution in [-0.2, 0) is 4.79 Å². The summed E-state index contributed by atoms with van der Waals surface area (Å²) in [4.78, 5) is 10.1. The van der Waals surface area contributed by atoms with Gasteiger partial charge in [-0.15, -0.1) is 0 Å². The van der Waals surface area contributed by atoms with Crippen molar-refractivity contribution in [2.24, 2.45) is 5.73 Å². The quantitative estimate of drug-likeness (QED) is 0.621. The Hall–Kier alpha value is -0.220. The summed E-state index contributed by atoms with van der Waals surface area (Å²) in [6.07, 6.45) is 2.85. The van der Waals surface area contributed by atoms with Crippen molar-refractivity contribution in [3.8, 4) is 0 Å². The smallest absolute Gasteiger partial charge is 0.304 e. The Balaban J connectivity index is 3.25. The summed E-state index contributed by atoms with van der Waals surface area (Å²) in [6.45, 7) is 0. The Labute approximate surface area is 65.0 Å². The highest BCUT2D eigenvalue weighted by atomic mass is 32.2. The monoisotopic (exact) mass is 163 g/mol. The van der Waals surface area contributed by atoms with Gasteiger partial charge in [-0.25, -0.2) is 0 Å². The molecule has 0 aliphatic heterocycles. The second kappa shape index (κ2) is 5.56. The van der Waals surface area contributed by atoms with Crippen molar-refractivity contribution in [2.45, 2.75) is 18.9 Å². The molecule has 0 rings (SSSR count). The van der Waals surface area contributed by atoms with E-state index >= 15 is 0 Å². The molecule has 0 aromatic carbocycles. The minimum atomic E-state index is -0.811. The first kappa shape index (κ1) is 9.78. The topological polar surface area (TPSA) is 63.3 Å². The van der Waals surface area contributed by atoms with Crippen LogP contribution in [0.2, 0.25) is 0 Å². The van der Waals surface area contributed by atoms with Crippen molar-refractivity contribution in [3.63, 3.8) is 0 Å². The maximum absolute atomic E-state index is 10.1. The summed E-state index contributed by atoms with van der Waals surface area (Å²) in [6, 6.07) is -0.176. The van der Waals surface area contributed by atoms with E-state index < -0.39 is 5.97 Å². The van der Waals surface area contributed by atoms with E-state index in [1.807, 2.05) is 6.26 Å². The third-order valence-electron chi connectivity index (χ3n) is 1.13. The number of carboxylic acids is 1. The van der Waals surface area contributed by atoms with Gasteiger partial charge in [0.25, 0.3) is 0 Å². The minimum absolute atomic E-state index is 0.0839. The lowest BCUT2D eigenvalue weighted by Crippen LogP contribution is -2.24. The molecule has 0 aromatic heterocycles. The third kappa shape index (κ3) is 5.91. The third-order valence-corrected chi connectivity index (χ3v) is 1.77. The number of aliphatic carboxylic acids is 1. The zero-order chi connectivity index (χ0) is 7.98. The summed E-state index contributed by atoms with van der Waals surface area (Å²) < 4.78 is 0. The van der Waals surface area contributed by atoms with Crippen LogP contribution < -0.4 is 5.73 Å². The van der Waals surface area contributed by atoms with Crippen molar-refractivity contribution < 1.29 is 9.90 Å². The lowest BCUT2D eigenvalue weighted by Gasteiger charge is -2.05. The van der Waals surface area contributed by atoms with E-state index in [0.29, 0.717) is 0 Å². The molecule has 0 unspecified atom stereocenters. The van der Waals surface area contributed by atoms with Crippen LogP contribution in [0.3, 0.4) is 0 Å². The first-order valence-corrected chi connectivity index (χ1v) is 4.52. The highest BCUT2D eigenvalue weighted by Gasteiger charge is 2.06. The fourth-order valence-electron chi connectivity index (χ4n) is 0.596. The number of carbonyl (C=O) groups is 1. The van der Waals surface area contributed by atoms with E-state index in [-0.39, 0.29) is 12.5 Å². The van der Waals surface area contributed by atoms with Crippen LogP contribution in [0.5, 0.6) is 0 Å². The van der Waals surface area contributed by atoms with Gasteiger partial charge in [-0.2, -0.15) is 11.8 Å². The van der Waals surface area contributed by atoms with Gasteiger partial charge >= 0.3 is 5.97 Å². The molecule has 1 atom stereocenters. The van der Waals surface area contributed by atoms with Crippen LogP contribution in [0.25, 0.3) is 0 Å². The number of hydrogen-bond donors (Lipinski definition) is 2. The first-order chi connectivity index (χ1) is 4.66. The van der Waals surface area contributed by atoms with Gasteiger partial charge in [-0.1, -0.05) is 0 Å². The molecule has 0 amide bonds. The second-order valence-electron chi connectivity index (χ2n) is 2.14. The average molecular weight is 163 g/mol. The van der Waals surface area contributed by atoms with E-state index in [4.69, 9.17) is 10.8 Å². The predicted molar refractivity (Wildman–Crippen MR) is 43.2 cm³/mol. The highest BCUT2D eigenvalue weighted by Crippen LogP contribution is 2.01. The van der Waals surface area contributed by atoms with E-state index in [0.717, 1.165) is 12.2 Å². The molecule has 0 saturated carbocycles. The lowest BCUT2D eigenvalue weighted by molar-refractivity contribution is -0.137. The molecule has 0 bridgehead atoms. The summed E-state index contributed by atoms with van der Waals surface area (Å²) in [5.41, 5.74) is 5.47. The molecule has 0 aliphatic rings. The lowest BCUT2D eigenvalue weighted by atomic mass is 10.2. The van der Waals surface area contributed by atoms with E-state index in [9.17, 15) is 4.79 Å². The van der Waals surface area contributed by atoms with Gasteiger partial charge in [0.05, 0.1) is 6.42 Å². The Bertz CT molecular complexity index is 108. The van der Waals surface area contributed by atoms with Crippen molar-refractivity contribution in [1.82, 2.24) is 0 Å². The Morgan fingerprint density at radius 3 is 2.80 bits per heavy atom. The van der Waals surface area contributed by atoms with Gasteiger partial charge in [0, 0.05) is 6.04 Å². The predicted octanol–water partition coefficient (Wildman–Crippen LogP) is 0.542. The molecular formula is C6H13NO2S. The molecule has 0 fully saturated rings. The SMILES string of the molecule is CSCC[C@H](N)CC(=O)O. The van der Waals surface area contributed by atoms with Gasteiger partial charge in [-0.3, -0.25) is 4.79 Å². The van der Waals surface area contributed by atoms with Crippen LogP contribution >= 0.6 is 11.8 Å². The van der Waals surface area contributed by atoms with Crippen molar-refractivity contribution in [3.05, 3.63) is 0 Å². The van der Waals surface area contributed by atoms with Gasteiger partial charge < -0.3 is 10.8 Å². The number of thioether (sulfide) groups is 1. The normalized spacial score (nSPS) is 13.0. The number of nitrogens with two attached hydrogens (primary N) is 1. The van der Waals surface area contributed by atoms with Crippen LogP contribution in [0.4, 0.5) is 0 Å². The molecule has 0 radical (unpaired) electrons. The molecular weight excluding hydrogens is 150 g/mol. The summed E-state index contributed by atoms with van der Waals surface area (Å²) in [5.74, 6) is 0.127. The Morgan fingerprint density at radius 2 is 2.40 bits per heavy atom. The molecule has 0 aliphatic carbocycles. The van der Waals surface area contributed by atoms with E-state index in [1.54, 1.807) is 11.8 Å². The van der Waals surface area contributed by atoms with Crippen molar-refractivity contribution >= 4 is 17.7 Å². The van der Waals surface area contributed by atoms with Gasteiger partial charge in [0.2, 0.25) is 0 Å². The summed E-state index contributed by atoms with van der Waals surface area (Å²) >= 11 is 1.68. The van der Waals surface area contributed by atoms with Gasteiger partial charge in [-0.05, 0) is 18.4 Å². The number of rotatable bonds is 5. The Morgan fingerprint density at radius 1 is 1.80 bits per heavy atom. The average Bonchev–Trinajstić information content (AvgIpc) is 1.82. The van der Waals surface area contributed by atoms with Gasteiger partial charge in [0.15, 0.2) is 0 Å². The molecule has 0 aromatic rings. The number of carboxylic acid groups (broad SMARTS) is 1.